The van der Waals surface area contributed by atoms with E-state index in [-0.39, 0.29) is 17.7 Å². The second-order valence-electron chi connectivity index (χ2n) is 9.81. The van der Waals surface area contributed by atoms with Gasteiger partial charge < -0.3 is 14.7 Å². The summed E-state index contributed by atoms with van der Waals surface area (Å²) in [6.07, 6.45) is 3.37. The SMILES string of the molecule is Cc1ccccc1-c1noc(CN2CCCC(C(=O)NCc3ccccc3CN3CCCC3=O)C2)n1. The molecule has 8 nitrogen and oxygen atoms in total. The zero-order valence-electron chi connectivity index (χ0n) is 20.8. The van der Waals surface area contributed by atoms with Crippen LogP contribution in [0.25, 0.3) is 11.4 Å². The molecule has 0 aliphatic carbocycles. The van der Waals surface area contributed by atoms with Crippen molar-refractivity contribution in [3.05, 3.63) is 71.1 Å². The summed E-state index contributed by atoms with van der Waals surface area (Å²) in [5.41, 5.74) is 4.23. The molecule has 3 heterocycles. The number of likely N-dealkylation sites (tertiary alicyclic amines) is 2. The van der Waals surface area contributed by atoms with Gasteiger partial charge in [-0.25, -0.2) is 0 Å². The van der Waals surface area contributed by atoms with E-state index < -0.39 is 0 Å². The molecule has 1 aromatic heterocycles. The van der Waals surface area contributed by atoms with E-state index in [1.54, 1.807) is 0 Å². The van der Waals surface area contributed by atoms with Crippen LogP contribution < -0.4 is 5.32 Å². The Hall–Kier alpha value is -3.52. The molecule has 0 bridgehead atoms. The van der Waals surface area contributed by atoms with E-state index in [0.29, 0.717) is 44.3 Å². The standard InChI is InChI=1S/C28H33N5O3/c1-20-8-2-5-12-24(20)27-30-25(36-31-27)19-32-14-6-11-23(17-32)28(35)29-16-21-9-3-4-10-22(21)18-33-15-7-13-26(33)34/h2-5,8-10,12,23H,6-7,11,13-19H2,1H3,(H,29,35). The first-order valence-electron chi connectivity index (χ1n) is 12.8. The number of rotatable bonds is 8. The van der Waals surface area contributed by atoms with Crippen LogP contribution >= 0.6 is 0 Å². The van der Waals surface area contributed by atoms with Crippen molar-refractivity contribution < 1.29 is 14.1 Å². The van der Waals surface area contributed by atoms with E-state index in [2.05, 4.69) is 20.4 Å². The van der Waals surface area contributed by atoms with Crippen LogP contribution in [0.1, 0.15) is 48.3 Å². The molecule has 2 fully saturated rings. The maximum Gasteiger partial charge on any atom is 0.241 e. The molecule has 5 rings (SSSR count). The lowest BCUT2D eigenvalue weighted by Gasteiger charge is -2.31. The van der Waals surface area contributed by atoms with E-state index in [1.807, 2.05) is 60.4 Å². The molecule has 36 heavy (non-hydrogen) atoms. The number of hydrogen-bond donors (Lipinski definition) is 1. The van der Waals surface area contributed by atoms with Crippen LogP contribution in [0, 0.1) is 12.8 Å². The molecule has 2 aromatic carbocycles. The van der Waals surface area contributed by atoms with Crippen molar-refractivity contribution in [1.82, 2.24) is 25.3 Å². The number of aromatic nitrogens is 2. The molecule has 1 atom stereocenters. The second kappa shape index (κ2) is 11.0. The van der Waals surface area contributed by atoms with Crippen LogP contribution in [-0.4, -0.2) is 51.4 Å². The van der Waals surface area contributed by atoms with Gasteiger partial charge >= 0.3 is 0 Å². The maximum absolute atomic E-state index is 13.1. The van der Waals surface area contributed by atoms with E-state index in [1.165, 1.54) is 0 Å². The summed E-state index contributed by atoms with van der Waals surface area (Å²) in [5, 5.41) is 7.30. The summed E-state index contributed by atoms with van der Waals surface area (Å²) in [7, 11) is 0. The van der Waals surface area contributed by atoms with Crippen LogP contribution in [0.2, 0.25) is 0 Å². The quantitative estimate of drug-likeness (QED) is 0.521. The van der Waals surface area contributed by atoms with E-state index in [9.17, 15) is 9.59 Å². The van der Waals surface area contributed by atoms with Crippen molar-refractivity contribution in [2.45, 2.75) is 52.2 Å². The zero-order chi connectivity index (χ0) is 24.9. The van der Waals surface area contributed by atoms with Gasteiger partial charge in [-0.2, -0.15) is 4.98 Å². The van der Waals surface area contributed by atoms with Crippen molar-refractivity contribution in [2.24, 2.45) is 5.92 Å². The molecule has 1 unspecified atom stereocenters. The molecular weight excluding hydrogens is 454 g/mol. The van der Waals surface area contributed by atoms with Gasteiger partial charge in [0.2, 0.25) is 23.5 Å². The highest BCUT2D eigenvalue weighted by Crippen LogP contribution is 2.23. The van der Waals surface area contributed by atoms with E-state index in [4.69, 9.17) is 4.52 Å². The number of carbonyl (C=O) groups is 2. The Morgan fingerprint density at radius 3 is 2.67 bits per heavy atom. The highest BCUT2D eigenvalue weighted by atomic mass is 16.5. The topological polar surface area (TPSA) is 91.6 Å². The molecule has 8 heteroatoms. The van der Waals surface area contributed by atoms with Crippen LogP contribution in [0.4, 0.5) is 0 Å². The van der Waals surface area contributed by atoms with Gasteiger partial charge in [-0.05, 0) is 49.4 Å². The zero-order valence-corrected chi connectivity index (χ0v) is 20.8. The molecule has 2 aliphatic heterocycles. The number of nitrogens with one attached hydrogen (secondary N) is 1. The van der Waals surface area contributed by atoms with Gasteiger partial charge in [0, 0.05) is 38.2 Å². The van der Waals surface area contributed by atoms with Crippen LogP contribution in [0.5, 0.6) is 0 Å². The van der Waals surface area contributed by atoms with E-state index in [0.717, 1.165) is 54.6 Å². The Labute approximate surface area is 211 Å². The molecule has 0 radical (unpaired) electrons. The summed E-state index contributed by atoms with van der Waals surface area (Å²) in [6, 6.07) is 16.0. The number of carbonyl (C=O) groups excluding carboxylic acids is 2. The molecule has 0 spiro atoms. The number of aryl methyl sites for hydroxylation is 1. The smallest absolute Gasteiger partial charge is 0.241 e. The average molecular weight is 488 g/mol. The molecule has 188 valence electrons. The third-order valence-corrected chi connectivity index (χ3v) is 7.19. The second-order valence-corrected chi connectivity index (χ2v) is 9.81. The van der Waals surface area contributed by atoms with Crippen molar-refractivity contribution in [1.29, 1.82) is 0 Å². The number of nitrogens with zero attached hydrogens (tertiary/aromatic N) is 4. The number of hydrogen-bond acceptors (Lipinski definition) is 6. The van der Waals surface area contributed by atoms with Gasteiger partial charge in [-0.1, -0.05) is 53.7 Å². The Morgan fingerprint density at radius 1 is 1.06 bits per heavy atom. The van der Waals surface area contributed by atoms with Crippen molar-refractivity contribution in [3.8, 4) is 11.4 Å². The minimum Gasteiger partial charge on any atom is -0.352 e. The lowest BCUT2D eigenvalue weighted by Crippen LogP contribution is -2.42. The third-order valence-electron chi connectivity index (χ3n) is 7.19. The van der Waals surface area contributed by atoms with Gasteiger partial charge in [0.05, 0.1) is 12.5 Å². The fourth-order valence-corrected chi connectivity index (χ4v) is 5.14. The molecular formula is C28H33N5O3. The Kier molecular flexibility index (Phi) is 7.41. The predicted octanol–water partition coefficient (Wildman–Crippen LogP) is 3.70. The molecule has 3 aromatic rings. The predicted molar refractivity (Wildman–Crippen MR) is 135 cm³/mol. The Balaban J connectivity index is 1.16. The minimum atomic E-state index is -0.0789. The summed E-state index contributed by atoms with van der Waals surface area (Å²) < 4.78 is 5.52. The van der Waals surface area contributed by atoms with Crippen molar-refractivity contribution >= 4 is 11.8 Å². The van der Waals surface area contributed by atoms with Gasteiger partial charge in [-0.15, -0.1) is 0 Å². The van der Waals surface area contributed by atoms with Gasteiger partial charge in [0.25, 0.3) is 0 Å². The van der Waals surface area contributed by atoms with Gasteiger partial charge in [0.15, 0.2) is 0 Å². The summed E-state index contributed by atoms with van der Waals surface area (Å²) in [6.45, 7) is 6.02. The largest absolute Gasteiger partial charge is 0.352 e. The van der Waals surface area contributed by atoms with Crippen LogP contribution in [-0.2, 0) is 29.2 Å². The number of piperidine rings is 1. The van der Waals surface area contributed by atoms with Crippen LogP contribution in [0.3, 0.4) is 0 Å². The third kappa shape index (κ3) is 5.65. The molecule has 2 aliphatic rings. The first-order chi connectivity index (χ1) is 17.6. The van der Waals surface area contributed by atoms with Gasteiger partial charge in [-0.3, -0.25) is 14.5 Å². The normalized spacial score (nSPS) is 18.5. The monoisotopic (exact) mass is 487 g/mol. The summed E-state index contributed by atoms with van der Waals surface area (Å²) in [5.74, 6) is 1.37. The first-order valence-corrected chi connectivity index (χ1v) is 12.8. The average Bonchev–Trinajstić information content (AvgIpc) is 3.52. The minimum absolute atomic E-state index is 0.0675. The Bertz CT molecular complexity index is 1220. The maximum atomic E-state index is 13.1. The first kappa shape index (κ1) is 24.2. The molecule has 0 saturated carbocycles. The fraction of sp³-hybridized carbons (Fsp3) is 0.429. The number of benzene rings is 2. The lowest BCUT2D eigenvalue weighted by molar-refractivity contribution is -0.128. The molecule has 2 amide bonds. The fourth-order valence-electron chi connectivity index (χ4n) is 5.14. The van der Waals surface area contributed by atoms with Crippen LogP contribution in [0.15, 0.2) is 53.1 Å². The highest BCUT2D eigenvalue weighted by molar-refractivity contribution is 5.79. The lowest BCUT2D eigenvalue weighted by atomic mass is 9.97. The van der Waals surface area contributed by atoms with E-state index >= 15 is 0 Å². The summed E-state index contributed by atoms with van der Waals surface area (Å²) >= 11 is 0. The molecule has 1 N–H and O–H groups in total. The molecule has 2 saturated heterocycles. The van der Waals surface area contributed by atoms with Crippen molar-refractivity contribution in [3.63, 3.8) is 0 Å². The summed E-state index contributed by atoms with van der Waals surface area (Å²) in [4.78, 5) is 33.8. The highest BCUT2D eigenvalue weighted by Gasteiger charge is 2.27. The Morgan fingerprint density at radius 2 is 1.86 bits per heavy atom. The van der Waals surface area contributed by atoms with Crippen molar-refractivity contribution in [2.75, 3.05) is 19.6 Å². The number of amides is 2. The van der Waals surface area contributed by atoms with Gasteiger partial charge in [0.1, 0.15) is 0 Å².